The number of hydrogen-bond donors (Lipinski definition) is 1. The summed E-state index contributed by atoms with van der Waals surface area (Å²) in [5.41, 5.74) is 8.52. The Morgan fingerprint density at radius 1 is 0.952 bits per heavy atom. The summed E-state index contributed by atoms with van der Waals surface area (Å²) >= 11 is 0. The van der Waals surface area contributed by atoms with Crippen molar-refractivity contribution in [3.8, 4) is 0 Å². The van der Waals surface area contributed by atoms with Crippen LogP contribution in [0.2, 0.25) is 0 Å². The highest BCUT2D eigenvalue weighted by atomic mass is 16.6. The van der Waals surface area contributed by atoms with E-state index < -0.39 is 6.10 Å². The lowest BCUT2D eigenvalue weighted by molar-refractivity contribution is 0.0169. The molecule has 1 saturated carbocycles. The summed E-state index contributed by atoms with van der Waals surface area (Å²) in [5.74, 6) is 0.978. The summed E-state index contributed by atoms with van der Waals surface area (Å²) in [5, 5.41) is 16.5. The Labute approximate surface area is 249 Å². The van der Waals surface area contributed by atoms with E-state index in [0.717, 1.165) is 61.5 Å². The van der Waals surface area contributed by atoms with Gasteiger partial charge in [-0.2, -0.15) is 0 Å². The summed E-state index contributed by atoms with van der Waals surface area (Å²) in [4.78, 5) is 10.6. The van der Waals surface area contributed by atoms with Gasteiger partial charge in [-0.1, -0.05) is 66.2 Å². The molecule has 220 valence electrons. The van der Waals surface area contributed by atoms with E-state index in [4.69, 9.17) is 9.25 Å². The van der Waals surface area contributed by atoms with Crippen LogP contribution in [0.3, 0.4) is 0 Å². The van der Waals surface area contributed by atoms with Crippen LogP contribution in [0.25, 0.3) is 11.0 Å². The topological polar surface area (TPSA) is 61.4 Å². The van der Waals surface area contributed by atoms with Crippen LogP contribution in [0.1, 0.15) is 47.8 Å². The minimum atomic E-state index is -0.613. The summed E-state index contributed by atoms with van der Waals surface area (Å²) in [7, 11) is 0. The van der Waals surface area contributed by atoms with Gasteiger partial charge in [0, 0.05) is 49.7 Å². The van der Waals surface area contributed by atoms with Crippen LogP contribution < -0.4 is 4.90 Å². The van der Waals surface area contributed by atoms with Crippen molar-refractivity contribution in [3.05, 3.63) is 101 Å². The summed E-state index contributed by atoms with van der Waals surface area (Å²) in [6.07, 6.45) is 1.34. The van der Waals surface area contributed by atoms with E-state index in [9.17, 15) is 5.11 Å². The molecule has 6 nitrogen and oxygen atoms in total. The van der Waals surface area contributed by atoms with E-state index in [1.165, 1.54) is 27.9 Å². The molecule has 0 spiro atoms. The van der Waals surface area contributed by atoms with Crippen molar-refractivity contribution in [2.24, 2.45) is 11.1 Å². The molecular weight excluding hydrogens is 522 g/mol. The minimum Gasteiger partial charge on any atom is -0.455 e. The van der Waals surface area contributed by atoms with Gasteiger partial charge in [-0.25, -0.2) is 0 Å². The number of anilines is 1. The molecule has 6 heteroatoms. The van der Waals surface area contributed by atoms with E-state index in [0.29, 0.717) is 6.54 Å². The van der Waals surface area contributed by atoms with Crippen molar-refractivity contribution in [3.63, 3.8) is 0 Å². The highest BCUT2D eigenvalue weighted by Gasteiger charge is 2.46. The van der Waals surface area contributed by atoms with E-state index >= 15 is 0 Å². The predicted molar refractivity (Wildman–Crippen MR) is 171 cm³/mol. The molecule has 1 saturated heterocycles. The highest BCUT2D eigenvalue weighted by Crippen LogP contribution is 2.51. The molecule has 2 aliphatic rings. The molecule has 1 N–H and O–H groups in total. The maximum absolute atomic E-state index is 10.8. The third-order valence-corrected chi connectivity index (χ3v) is 9.13. The zero-order chi connectivity index (χ0) is 29.3. The lowest BCUT2D eigenvalue weighted by Gasteiger charge is -2.47. The highest BCUT2D eigenvalue weighted by molar-refractivity contribution is 6.03. The molecule has 6 rings (SSSR count). The van der Waals surface area contributed by atoms with Gasteiger partial charge in [0.25, 0.3) is 0 Å². The number of nitrogens with zero attached hydrogens (tertiary/aromatic N) is 3. The number of para-hydroxylation sites is 2. The predicted octanol–water partition coefficient (Wildman–Crippen LogP) is 6.63. The summed E-state index contributed by atoms with van der Waals surface area (Å²) in [6, 6.07) is 25.2. The van der Waals surface area contributed by atoms with Crippen molar-refractivity contribution >= 4 is 22.4 Å². The summed E-state index contributed by atoms with van der Waals surface area (Å²) in [6.45, 7) is 13.5. The smallest absolute Gasteiger partial charge is 0.153 e. The maximum atomic E-state index is 10.8. The van der Waals surface area contributed by atoms with Crippen LogP contribution in [-0.4, -0.2) is 61.2 Å². The van der Waals surface area contributed by atoms with E-state index in [-0.39, 0.29) is 17.9 Å². The monoisotopic (exact) mass is 565 g/mol. The number of β-amino-alcohol motifs (C(OH)–C–C–N with tert-alkyl or cyclic N) is 1. The first-order valence-electron chi connectivity index (χ1n) is 15.3. The molecule has 2 heterocycles. The molecule has 1 aliphatic carbocycles. The second-order valence-electron chi connectivity index (χ2n) is 12.6. The summed E-state index contributed by atoms with van der Waals surface area (Å²) < 4.78 is 6.26. The average molecular weight is 566 g/mol. The van der Waals surface area contributed by atoms with Crippen molar-refractivity contribution in [1.82, 2.24) is 4.90 Å². The van der Waals surface area contributed by atoms with E-state index in [2.05, 4.69) is 91.2 Å². The number of aryl methyl sites for hydroxylation is 3. The molecule has 42 heavy (non-hydrogen) atoms. The molecule has 0 amide bonds. The van der Waals surface area contributed by atoms with Gasteiger partial charge in [0.1, 0.15) is 24.0 Å². The zero-order valence-electron chi connectivity index (χ0n) is 25.3. The van der Waals surface area contributed by atoms with Crippen LogP contribution in [0.4, 0.5) is 5.69 Å². The van der Waals surface area contributed by atoms with Gasteiger partial charge in [0.05, 0.1) is 0 Å². The standard InChI is InChI=1S/C36H43N3O3/c1-25-18-26(2)34(27(3)19-25)36(4)21-29(22-36)35(33-20-28-10-8-9-13-32(28)42-33)37-41-24-31(40)23-38-14-16-39(17-15-38)30-11-6-5-7-12-30/h5-13,18-20,29,31,40H,14-17,21-24H2,1-4H3/b37-35-. The third kappa shape index (κ3) is 5.97. The van der Waals surface area contributed by atoms with Gasteiger partial charge in [-0.15, -0.1) is 0 Å². The first-order chi connectivity index (χ1) is 20.3. The molecule has 1 unspecified atom stereocenters. The molecule has 1 aliphatic heterocycles. The fourth-order valence-electron chi connectivity index (χ4n) is 7.36. The SMILES string of the molecule is Cc1cc(C)c(C2(C)CC(/C(=N/OCC(O)CN3CCN(c4ccccc4)CC3)c3cc4ccccc4o3)C2)c(C)c1. The van der Waals surface area contributed by atoms with Gasteiger partial charge >= 0.3 is 0 Å². The van der Waals surface area contributed by atoms with Crippen LogP contribution in [-0.2, 0) is 10.3 Å². The maximum Gasteiger partial charge on any atom is 0.153 e. The number of fused-ring (bicyclic) bond motifs is 1. The molecular formula is C36H43N3O3. The molecule has 1 aromatic heterocycles. The Balaban J connectivity index is 1.11. The molecule has 0 radical (unpaired) electrons. The van der Waals surface area contributed by atoms with Crippen molar-refractivity contribution in [1.29, 1.82) is 0 Å². The molecule has 0 bridgehead atoms. The van der Waals surface area contributed by atoms with E-state index in [1.807, 2.05) is 24.3 Å². The van der Waals surface area contributed by atoms with Crippen LogP contribution in [0, 0.1) is 26.7 Å². The third-order valence-electron chi connectivity index (χ3n) is 9.13. The second kappa shape index (κ2) is 11.9. The quantitative estimate of drug-likeness (QED) is 0.182. The number of furan rings is 1. The van der Waals surface area contributed by atoms with Crippen LogP contribution >= 0.6 is 0 Å². The second-order valence-corrected chi connectivity index (χ2v) is 12.6. The number of benzene rings is 3. The number of aliphatic hydroxyl groups is 1. The fourth-order valence-corrected chi connectivity index (χ4v) is 7.36. The zero-order valence-corrected chi connectivity index (χ0v) is 25.3. The molecule has 4 aromatic rings. The average Bonchev–Trinajstić information content (AvgIpc) is 3.38. The first kappa shape index (κ1) is 28.5. The normalized spacial score (nSPS) is 22.3. The van der Waals surface area contributed by atoms with Gasteiger partial charge in [-0.05, 0) is 80.0 Å². The minimum absolute atomic E-state index is 0.0841. The Hall–Kier alpha value is -3.61. The lowest BCUT2D eigenvalue weighted by Crippen LogP contribution is -2.49. The number of hydrogen-bond acceptors (Lipinski definition) is 6. The van der Waals surface area contributed by atoms with Crippen molar-refractivity contribution < 1.29 is 14.4 Å². The lowest BCUT2D eigenvalue weighted by atomic mass is 9.57. The first-order valence-corrected chi connectivity index (χ1v) is 15.3. The van der Waals surface area contributed by atoms with Gasteiger partial charge < -0.3 is 19.3 Å². The molecule has 3 aromatic carbocycles. The van der Waals surface area contributed by atoms with Crippen LogP contribution in [0.5, 0.6) is 0 Å². The van der Waals surface area contributed by atoms with E-state index in [1.54, 1.807) is 0 Å². The Morgan fingerprint density at radius 3 is 2.31 bits per heavy atom. The number of oxime groups is 1. The van der Waals surface area contributed by atoms with Gasteiger partial charge in [-0.3, -0.25) is 4.90 Å². The fraction of sp³-hybridized carbons (Fsp3) is 0.417. The van der Waals surface area contributed by atoms with Gasteiger partial charge in [0.2, 0.25) is 0 Å². The van der Waals surface area contributed by atoms with Crippen LogP contribution in [0.15, 0.2) is 82.4 Å². The molecule has 1 atom stereocenters. The Kier molecular flexibility index (Phi) is 8.11. The molecule has 2 fully saturated rings. The van der Waals surface area contributed by atoms with Gasteiger partial charge in [0.15, 0.2) is 5.76 Å². The van der Waals surface area contributed by atoms with Crippen molar-refractivity contribution in [2.75, 3.05) is 44.2 Å². The van der Waals surface area contributed by atoms with Crippen molar-refractivity contribution in [2.45, 2.75) is 52.1 Å². The number of aliphatic hydroxyl groups excluding tert-OH is 1. The Morgan fingerprint density at radius 2 is 1.62 bits per heavy atom. The largest absolute Gasteiger partial charge is 0.455 e. The Bertz CT molecular complexity index is 1490. The number of piperazine rings is 1. The number of rotatable bonds is 9.